The van der Waals surface area contributed by atoms with Gasteiger partial charge in [0.1, 0.15) is 5.69 Å². The maximum absolute atomic E-state index is 4.86. The zero-order valence-corrected chi connectivity index (χ0v) is 8.14. The minimum absolute atomic E-state index is 0.453. The molecule has 2 N–H and O–H groups in total. The largest absolute Gasteiger partial charge is 0.280 e. The van der Waals surface area contributed by atoms with E-state index in [2.05, 4.69) is 20.3 Å². The molecule has 0 saturated carbocycles. The quantitative estimate of drug-likeness (QED) is 0.671. The molecule has 0 spiro atoms. The van der Waals surface area contributed by atoms with Gasteiger partial charge in [0.25, 0.3) is 0 Å². The number of aryl methyl sites for hydroxylation is 2. The summed E-state index contributed by atoms with van der Waals surface area (Å²) in [6, 6.07) is 1.95. The van der Waals surface area contributed by atoms with Crippen molar-refractivity contribution in [2.45, 2.75) is 6.92 Å². The summed E-state index contributed by atoms with van der Waals surface area (Å²) in [6.45, 7) is 1.94. The van der Waals surface area contributed by atoms with Crippen LogP contribution in [-0.2, 0) is 7.05 Å². The first kappa shape index (κ1) is 8.18. The highest BCUT2D eigenvalue weighted by atomic mass is 32.1. The highest BCUT2D eigenvalue weighted by molar-refractivity contribution is 7.71. The van der Waals surface area contributed by atoms with Crippen LogP contribution in [0, 0.1) is 11.7 Å². The van der Waals surface area contributed by atoms with Gasteiger partial charge in [-0.1, -0.05) is 0 Å². The smallest absolute Gasteiger partial charge is 0.213 e. The molecule has 0 atom stereocenters. The van der Waals surface area contributed by atoms with Crippen LogP contribution in [0.25, 0.3) is 11.5 Å². The summed E-state index contributed by atoms with van der Waals surface area (Å²) in [4.78, 5) is 4.10. The molecule has 2 rings (SSSR count). The first-order chi connectivity index (χ1) is 6.16. The molecule has 68 valence electrons. The number of rotatable bonds is 1. The Morgan fingerprint density at radius 3 is 2.69 bits per heavy atom. The molecule has 0 aliphatic rings. The minimum Gasteiger partial charge on any atom is -0.280 e. The van der Waals surface area contributed by atoms with Gasteiger partial charge in [-0.25, -0.2) is 0 Å². The second-order valence-corrected chi connectivity index (χ2v) is 3.20. The molecule has 0 unspecified atom stereocenters. The Hall–Kier alpha value is -1.43. The van der Waals surface area contributed by atoms with E-state index in [0.29, 0.717) is 10.6 Å². The Bertz CT molecular complexity index is 477. The summed E-state index contributed by atoms with van der Waals surface area (Å²) in [5, 5.41) is 9.82. The molecule has 0 radical (unpaired) electrons. The lowest BCUT2D eigenvalue weighted by Gasteiger charge is -1.94. The summed E-state index contributed by atoms with van der Waals surface area (Å²) in [5.74, 6) is 0.716. The van der Waals surface area contributed by atoms with Gasteiger partial charge in [-0.15, -0.1) is 0 Å². The van der Waals surface area contributed by atoms with E-state index >= 15 is 0 Å². The van der Waals surface area contributed by atoms with E-state index in [1.54, 1.807) is 4.68 Å². The zero-order chi connectivity index (χ0) is 9.42. The summed E-state index contributed by atoms with van der Waals surface area (Å²) in [6.07, 6.45) is 0. The van der Waals surface area contributed by atoms with Gasteiger partial charge in [0.15, 0.2) is 5.82 Å². The van der Waals surface area contributed by atoms with Crippen molar-refractivity contribution in [1.82, 2.24) is 25.0 Å². The van der Waals surface area contributed by atoms with E-state index in [-0.39, 0.29) is 0 Å². The minimum atomic E-state index is 0.453. The molecule has 5 nitrogen and oxygen atoms in total. The molecule has 0 bridgehead atoms. The van der Waals surface area contributed by atoms with E-state index in [9.17, 15) is 0 Å². The number of hydrogen-bond donors (Lipinski definition) is 2. The van der Waals surface area contributed by atoms with Gasteiger partial charge in [-0.2, -0.15) is 10.1 Å². The molecule has 13 heavy (non-hydrogen) atoms. The van der Waals surface area contributed by atoms with Crippen LogP contribution < -0.4 is 0 Å². The zero-order valence-electron chi connectivity index (χ0n) is 7.33. The fourth-order valence-corrected chi connectivity index (χ4v) is 1.37. The van der Waals surface area contributed by atoms with Crippen molar-refractivity contribution in [3.05, 3.63) is 16.5 Å². The summed E-state index contributed by atoms with van der Waals surface area (Å²) >= 11 is 4.86. The number of nitrogens with one attached hydrogen (secondary N) is 2. The van der Waals surface area contributed by atoms with Crippen LogP contribution in [0.4, 0.5) is 0 Å². The highest BCUT2D eigenvalue weighted by Crippen LogP contribution is 2.13. The van der Waals surface area contributed by atoms with Crippen molar-refractivity contribution in [2.75, 3.05) is 0 Å². The van der Waals surface area contributed by atoms with Crippen LogP contribution in [0.2, 0.25) is 0 Å². The number of aromatic amines is 2. The standard InChI is InChI=1S/C7H9N5S/c1-4-3-5(12(2)11-4)6-8-7(13)10-9-6/h3H,1-2H3,(H2,8,9,10,13). The van der Waals surface area contributed by atoms with Crippen molar-refractivity contribution in [1.29, 1.82) is 0 Å². The normalized spacial score (nSPS) is 10.6. The predicted molar refractivity (Wildman–Crippen MR) is 50.7 cm³/mol. The van der Waals surface area contributed by atoms with Crippen LogP contribution >= 0.6 is 12.2 Å². The molecule has 0 fully saturated rings. The van der Waals surface area contributed by atoms with E-state index in [1.807, 2.05) is 20.0 Å². The number of nitrogens with zero attached hydrogens (tertiary/aromatic N) is 3. The average Bonchev–Trinajstić information content (AvgIpc) is 2.58. The third kappa shape index (κ3) is 1.40. The maximum Gasteiger partial charge on any atom is 0.213 e. The van der Waals surface area contributed by atoms with Crippen LogP contribution in [-0.4, -0.2) is 25.0 Å². The first-order valence-electron chi connectivity index (χ1n) is 3.82. The lowest BCUT2D eigenvalue weighted by atomic mass is 10.3. The van der Waals surface area contributed by atoms with E-state index in [1.165, 1.54) is 0 Å². The lowest BCUT2D eigenvalue weighted by molar-refractivity contribution is 0.759. The monoisotopic (exact) mass is 195 g/mol. The van der Waals surface area contributed by atoms with Crippen LogP contribution in [0.1, 0.15) is 5.69 Å². The van der Waals surface area contributed by atoms with Gasteiger partial charge >= 0.3 is 0 Å². The summed E-state index contributed by atoms with van der Waals surface area (Å²) in [5.41, 5.74) is 1.88. The van der Waals surface area contributed by atoms with Crippen LogP contribution in [0.15, 0.2) is 6.07 Å². The van der Waals surface area contributed by atoms with Gasteiger partial charge < -0.3 is 0 Å². The molecule has 2 heterocycles. The topological polar surface area (TPSA) is 62.3 Å². The molecule has 2 aromatic heterocycles. The molecular weight excluding hydrogens is 186 g/mol. The molecule has 0 aromatic carbocycles. The molecule has 0 aliphatic carbocycles. The van der Waals surface area contributed by atoms with E-state index in [0.717, 1.165) is 11.4 Å². The fraction of sp³-hybridized carbons (Fsp3) is 0.286. The third-order valence-electron chi connectivity index (χ3n) is 1.75. The van der Waals surface area contributed by atoms with Crippen LogP contribution in [0.3, 0.4) is 0 Å². The molecule has 6 heteroatoms. The van der Waals surface area contributed by atoms with Gasteiger partial charge in [0, 0.05) is 7.05 Å². The van der Waals surface area contributed by atoms with Gasteiger partial charge in [0.05, 0.1) is 5.69 Å². The maximum atomic E-state index is 4.86. The Morgan fingerprint density at radius 1 is 1.46 bits per heavy atom. The van der Waals surface area contributed by atoms with Gasteiger partial charge in [0.2, 0.25) is 4.77 Å². The van der Waals surface area contributed by atoms with Crippen molar-refractivity contribution >= 4 is 12.2 Å². The molecular formula is C7H9N5S. The van der Waals surface area contributed by atoms with Crippen molar-refractivity contribution in [2.24, 2.45) is 7.05 Å². The number of aromatic nitrogens is 5. The summed E-state index contributed by atoms with van der Waals surface area (Å²) < 4.78 is 2.21. The van der Waals surface area contributed by atoms with Gasteiger partial charge in [-0.3, -0.25) is 14.9 Å². The summed E-state index contributed by atoms with van der Waals surface area (Å²) in [7, 11) is 1.87. The third-order valence-corrected chi connectivity index (χ3v) is 1.94. The molecule has 0 aliphatic heterocycles. The Kier molecular flexibility index (Phi) is 1.77. The SMILES string of the molecule is Cc1cc(-c2nc(=S)[nH][nH]2)n(C)n1. The Balaban J connectivity index is 2.57. The second-order valence-electron chi connectivity index (χ2n) is 2.81. The molecule has 0 saturated heterocycles. The van der Waals surface area contributed by atoms with Crippen molar-refractivity contribution < 1.29 is 0 Å². The predicted octanol–water partition coefficient (Wildman–Crippen LogP) is 1.18. The first-order valence-corrected chi connectivity index (χ1v) is 4.23. The average molecular weight is 195 g/mol. The van der Waals surface area contributed by atoms with Crippen molar-refractivity contribution in [3.8, 4) is 11.5 Å². The molecule has 0 amide bonds. The van der Waals surface area contributed by atoms with Crippen molar-refractivity contribution in [3.63, 3.8) is 0 Å². The number of H-pyrrole nitrogens is 2. The van der Waals surface area contributed by atoms with Crippen LogP contribution in [0.5, 0.6) is 0 Å². The molecule has 2 aromatic rings. The highest BCUT2D eigenvalue weighted by Gasteiger charge is 2.06. The number of hydrogen-bond acceptors (Lipinski definition) is 3. The van der Waals surface area contributed by atoms with Gasteiger partial charge in [-0.05, 0) is 25.2 Å². The second kappa shape index (κ2) is 2.81. The fourth-order valence-electron chi connectivity index (χ4n) is 1.22. The lowest BCUT2D eigenvalue weighted by Crippen LogP contribution is -1.94. The Morgan fingerprint density at radius 2 is 2.23 bits per heavy atom. The Labute approximate surface area is 79.8 Å². The van der Waals surface area contributed by atoms with E-state index < -0.39 is 0 Å². The van der Waals surface area contributed by atoms with E-state index in [4.69, 9.17) is 12.2 Å².